The molecule has 1 aromatic rings. The van der Waals surface area contributed by atoms with Crippen molar-refractivity contribution in [2.45, 2.75) is 72.5 Å². The van der Waals surface area contributed by atoms with E-state index in [2.05, 4.69) is 26.1 Å². The highest BCUT2D eigenvalue weighted by molar-refractivity contribution is 5.97. The third kappa shape index (κ3) is 6.52. The Morgan fingerprint density at radius 2 is 1.79 bits per heavy atom. The van der Waals surface area contributed by atoms with Crippen molar-refractivity contribution in [2.24, 2.45) is 5.92 Å². The van der Waals surface area contributed by atoms with E-state index < -0.39 is 5.60 Å². The largest absolute Gasteiger partial charge is 0.491 e. The number of anilines is 1. The minimum absolute atomic E-state index is 0.0970. The van der Waals surface area contributed by atoms with Gasteiger partial charge in [0.2, 0.25) is 0 Å². The summed E-state index contributed by atoms with van der Waals surface area (Å²) in [5.74, 6) is 1.10. The summed E-state index contributed by atoms with van der Waals surface area (Å²) in [5.41, 5.74) is -0.0534. The van der Waals surface area contributed by atoms with Gasteiger partial charge < -0.3 is 14.8 Å². The van der Waals surface area contributed by atoms with Crippen LogP contribution in [0.1, 0.15) is 60.8 Å². The van der Waals surface area contributed by atoms with Gasteiger partial charge in [-0.1, -0.05) is 27.7 Å². The van der Waals surface area contributed by atoms with Crippen LogP contribution in [0.4, 0.5) is 5.69 Å². The molecule has 2 atom stereocenters. The van der Waals surface area contributed by atoms with E-state index in [4.69, 9.17) is 9.47 Å². The maximum Gasteiger partial charge on any atom is 0.256 e. The molecule has 0 aliphatic rings. The van der Waals surface area contributed by atoms with Gasteiger partial charge in [-0.25, -0.2) is 0 Å². The monoisotopic (exact) mass is 335 g/mol. The van der Waals surface area contributed by atoms with E-state index >= 15 is 0 Å². The van der Waals surface area contributed by atoms with Crippen LogP contribution in [-0.4, -0.2) is 24.2 Å². The standard InChI is InChI=1S/C20H33NO3/c1-7-13-23-20(6,14-15(3)4)19(22)21-17-9-11-18(12-10-17)24-16(5)8-2/h9-12,15-16H,7-8,13-14H2,1-6H3,(H,21,22). The van der Waals surface area contributed by atoms with E-state index in [-0.39, 0.29) is 12.0 Å². The lowest BCUT2D eigenvalue weighted by atomic mass is 9.93. The van der Waals surface area contributed by atoms with Crippen molar-refractivity contribution in [3.63, 3.8) is 0 Å². The number of nitrogens with one attached hydrogen (secondary N) is 1. The lowest BCUT2D eigenvalue weighted by Crippen LogP contribution is -2.44. The Bertz CT molecular complexity index is 498. The Hall–Kier alpha value is -1.55. The molecule has 4 nitrogen and oxygen atoms in total. The van der Waals surface area contributed by atoms with Crippen LogP contribution in [0.2, 0.25) is 0 Å². The molecular weight excluding hydrogens is 302 g/mol. The van der Waals surface area contributed by atoms with Gasteiger partial charge >= 0.3 is 0 Å². The number of carbonyl (C=O) groups is 1. The van der Waals surface area contributed by atoms with Crippen molar-refractivity contribution in [1.82, 2.24) is 0 Å². The minimum Gasteiger partial charge on any atom is -0.491 e. The van der Waals surface area contributed by atoms with E-state index in [1.54, 1.807) is 0 Å². The molecule has 1 rings (SSSR count). The highest BCUT2D eigenvalue weighted by Crippen LogP contribution is 2.25. The summed E-state index contributed by atoms with van der Waals surface area (Å²) in [5, 5.41) is 2.97. The second-order valence-electron chi connectivity index (χ2n) is 6.99. The molecule has 0 spiro atoms. The Labute approximate surface area is 146 Å². The molecule has 0 bridgehead atoms. The maximum absolute atomic E-state index is 12.7. The fourth-order valence-electron chi connectivity index (χ4n) is 2.52. The number of benzene rings is 1. The highest BCUT2D eigenvalue weighted by atomic mass is 16.5. The van der Waals surface area contributed by atoms with Crippen LogP contribution in [0, 0.1) is 5.92 Å². The van der Waals surface area contributed by atoms with Gasteiger partial charge in [0.15, 0.2) is 0 Å². The molecule has 0 fully saturated rings. The zero-order valence-electron chi connectivity index (χ0n) is 16.0. The maximum atomic E-state index is 12.7. The van der Waals surface area contributed by atoms with E-state index in [1.807, 2.05) is 45.0 Å². The van der Waals surface area contributed by atoms with Crippen LogP contribution in [0.3, 0.4) is 0 Å². The zero-order valence-corrected chi connectivity index (χ0v) is 16.0. The number of carbonyl (C=O) groups excluding carboxylic acids is 1. The predicted molar refractivity (Wildman–Crippen MR) is 99.6 cm³/mol. The molecule has 0 heterocycles. The summed E-state index contributed by atoms with van der Waals surface area (Å²) in [6.45, 7) is 12.8. The van der Waals surface area contributed by atoms with E-state index in [0.717, 1.165) is 24.3 Å². The summed E-state index contributed by atoms with van der Waals surface area (Å²) in [7, 11) is 0. The van der Waals surface area contributed by atoms with Gasteiger partial charge in [0.1, 0.15) is 11.4 Å². The molecule has 0 radical (unpaired) electrons. The quantitative estimate of drug-likeness (QED) is 0.652. The lowest BCUT2D eigenvalue weighted by Gasteiger charge is -2.30. The molecule has 0 aliphatic heterocycles. The summed E-state index contributed by atoms with van der Waals surface area (Å²) >= 11 is 0. The fraction of sp³-hybridized carbons (Fsp3) is 0.650. The van der Waals surface area contributed by atoms with Gasteiger partial charge in [-0.3, -0.25) is 4.79 Å². The second-order valence-corrected chi connectivity index (χ2v) is 6.99. The van der Waals surface area contributed by atoms with Gasteiger partial charge in [-0.2, -0.15) is 0 Å². The van der Waals surface area contributed by atoms with Gasteiger partial charge in [0.05, 0.1) is 6.10 Å². The summed E-state index contributed by atoms with van der Waals surface area (Å²) in [6.07, 6.45) is 2.72. The Balaban J connectivity index is 2.75. The first-order chi connectivity index (χ1) is 11.3. The summed E-state index contributed by atoms with van der Waals surface area (Å²) < 4.78 is 11.6. The first-order valence-electron chi connectivity index (χ1n) is 9.02. The van der Waals surface area contributed by atoms with Gasteiger partial charge in [0.25, 0.3) is 5.91 Å². The molecule has 1 N–H and O–H groups in total. The second kappa shape index (κ2) is 9.67. The normalized spacial score (nSPS) is 15.0. The average Bonchev–Trinajstić information content (AvgIpc) is 2.54. The third-order valence-electron chi connectivity index (χ3n) is 3.93. The molecule has 1 amide bonds. The van der Waals surface area contributed by atoms with Gasteiger partial charge in [-0.15, -0.1) is 0 Å². The van der Waals surface area contributed by atoms with Crippen LogP contribution in [0.5, 0.6) is 5.75 Å². The first-order valence-corrected chi connectivity index (χ1v) is 9.02. The van der Waals surface area contributed by atoms with Crippen molar-refractivity contribution in [3.8, 4) is 5.75 Å². The molecular formula is C20H33NO3. The number of ether oxygens (including phenoxy) is 2. The topological polar surface area (TPSA) is 47.6 Å². The Morgan fingerprint density at radius 1 is 1.17 bits per heavy atom. The van der Waals surface area contributed by atoms with Crippen LogP contribution in [0.15, 0.2) is 24.3 Å². The van der Waals surface area contributed by atoms with Gasteiger partial charge in [0, 0.05) is 12.3 Å². The number of amides is 1. The summed E-state index contributed by atoms with van der Waals surface area (Å²) in [6, 6.07) is 7.50. The van der Waals surface area contributed by atoms with Crippen LogP contribution in [0.25, 0.3) is 0 Å². The Morgan fingerprint density at radius 3 is 2.29 bits per heavy atom. The minimum atomic E-state index is -0.809. The molecule has 2 unspecified atom stereocenters. The number of hydrogen-bond donors (Lipinski definition) is 1. The van der Waals surface area contributed by atoms with Gasteiger partial charge in [-0.05, 0) is 63.3 Å². The SMILES string of the molecule is CCCOC(C)(CC(C)C)C(=O)Nc1ccc(OC(C)CC)cc1. The molecule has 24 heavy (non-hydrogen) atoms. The molecule has 0 aromatic heterocycles. The third-order valence-corrected chi connectivity index (χ3v) is 3.93. The van der Waals surface area contributed by atoms with Crippen molar-refractivity contribution in [2.75, 3.05) is 11.9 Å². The van der Waals surface area contributed by atoms with Crippen LogP contribution >= 0.6 is 0 Å². The Kier molecular flexibility index (Phi) is 8.26. The average molecular weight is 335 g/mol. The first kappa shape index (κ1) is 20.5. The number of hydrogen-bond acceptors (Lipinski definition) is 3. The molecule has 0 saturated heterocycles. The van der Waals surface area contributed by atoms with Crippen molar-refractivity contribution in [1.29, 1.82) is 0 Å². The van der Waals surface area contributed by atoms with E-state index in [9.17, 15) is 4.79 Å². The van der Waals surface area contributed by atoms with E-state index in [0.29, 0.717) is 18.9 Å². The smallest absolute Gasteiger partial charge is 0.256 e. The molecule has 0 saturated carbocycles. The van der Waals surface area contributed by atoms with Crippen LogP contribution < -0.4 is 10.1 Å². The van der Waals surface area contributed by atoms with Crippen molar-refractivity contribution >= 4 is 11.6 Å². The lowest BCUT2D eigenvalue weighted by molar-refractivity contribution is -0.141. The zero-order chi connectivity index (χ0) is 18.2. The number of rotatable bonds is 10. The summed E-state index contributed by atoms with van der Waals surface area (Å²) in [4.78, 5) is 12.7. The molecule has 4 heteroatoms. The van der Waals surface area contributed by atoms with Crippen LogP contribution in [-0.2, 0) is 9.53 Å². The molecule has 136 valence electrons. The molecule has 1 aromatic carbocycles. The van der Waals surface area contributed by atoms with Crippen molar-refractivity contribution < 1.29 is 14.3 Å². The fourth-order valence-corrected chi connectivity index (χ4v) is 2.52. The van der Waals surface area contributed by atoms with Crippen molar-refractivity contribution in [3.05, 3.63) is 24.3 Å². The van der Waals surface area contributed by atoms with E-state index in [1.165, 1.54) is 0 Å². The highest BCUT2D eigenvalue weighted by Gasteiger charge is 2.34. The molecule has 0 aliphatic carbocycles. The predicted octanol–water partition coefficient (Wildman–Crippen LogP) is 5.03.